The predicted octanol–water partition coefficient (Wildman–Crippen LogP) is 1.12. The molecule has 0 bridgehead atoms. The van der Waals surface area contributed by atoms with E-state index in [9.17, 15) is 9.59 Å². The van der Waals surface area contributed by atoms with E-state index in [1.165, 1.54) is 29.2 Å². The number of benzene rings is 1. The number of anilines is 1. The molecular weight excluding hydrogens is 246 g/mol. The van der Waals surface area contributed by atoms with E-state index < -0.39 is 5.97 Å². The number of carbonyl (C=O) groups is 2. The number of carboxylic acid groups (broad SMARTS) is 1. The van der Waals surface area contributed by atoms with Crippen LogP contribution >= 0.6 is 0 Å². The molecule has 0 fully saturated rings. The third-order valence-electron chi connectivity index (χ3n) is 2.53. The molecule has 1 aromatic carbocycles. The van der Waals surface area contributed by atoms with Gasteiger partial charge >= 0.3 is 5.97 Å². The van der Waals surface area contributed by atoms with Crippen LogP contribution in [0.5, 0.6) is 0 Å². The highest BCUT2D eigenvalue weighted by Crippen LogP contribution is 2.16. The minimum Gasteiger partial charge on any atom is -0.478 e. The molecule has 0 heterocycles. The van der Waals surface area contributed by atoms with Gasteiger partial charge in [-0.3, -0.25) is 4.79 Å². The number of hydrogen-bond donors (Lipinski definition) is 2. The highest BCUT2D eigenvalue weighted by Gasteiger charge is 2.15. The minimum absolute atomic E-state index is 0.142. The molecule has 5 nitrogen and oxygen atoms in total. The maximum Gasteiger partial charge on any atom is 0.335 e. The molecule has 0 aromatic heterocycles. The van der Waals surface area contributed by atoms with Crippen LogP contribution in [0.25, 0.3) is 0 Å². The summed E-state index contributed by atoms with van der Waals surface area (Å²) in [4.78, 5) is 24.0. The van der Waals surface area contributed by atoms with Crippen molar-refractivity contribution >= 4 is 17.6 Å². The average molecular weight is 261 g/mol. The van der Waals surface area contributed by atoms with E-state index in [2.05, 4.69) is 5.92 Å². The molecule has 0 saturated carbocycles. The average Bonchev–Trinajstić information content (AvgIpc) is 2.42. The first-order valence-electron chi connectivity index (χ1n) is 5.78. The fourth-order valence-electron chi connectivity index (χ4n) is 1.60. The van der Waals surface area contributed by atoms with Crippen LogP contribution in [0.2, 0.25) is 0 Å². The van der Waals surface area contributed by atoms with Gasteiger partial charge in [0, 0.05) is 25.1 Å². The third kappa shape index (κ3) is 4.12. The Morgan fingerprint density at radius 3 is 2.37 bits per heavy atom. The van der Waals surface area contributed by atoms with E-state index in [0.29, 0.717) is 12.1 Å². The maximum absolute atomic E-state index is 11.9. The Morgan fingerprint density at radius 2 is 1.89 bits per heavy atom. The zero-order valence-corrected chi connectivity index (χ0v) is 10.4. The summed E-state index contributed by atoms with van der Waals surface area (Å²) < 4.78 is 0. The van der Waals surface area contributed by atoms with Crippen molar-refractivity contribution in [1.82, 2.24) is 0 Å². The lowest BCUT2D eigenvalue weighted by Crippen LogP contribution is -2.33. The van der Waals surface area contributed by atoms with Gasteiger partial charge in [-0.25, -0.2) is 4.79 Å². The van der Waals surface area contributed by atoms with Crippen molar-refractivity contribution in [3.63, 3.8) is 0 Å². The lowest BCUT2D eigenvalue weighted by Gasteiger charge is -2.21. The van der Waals surface area contributed by atoms with Gasteiger partial charge in [0.1, 0.15) is 0 Å². The van der Waals surface area contributed by atoms with Crippen molar-refractivity contribution in [3.05, 3.63) is 29.8 Å². The Hall–Kier alpha value is -2.32. The summed E-state index contributed by atoms with van der Waals surface area (Å²) in [5, 5.41) is 17.8. The molecule has 0 aliphatic rings. The molecule has 0 aliphatic heterocycles. The van der Waals surface area contributed by atoms with E-state index in [4.69, 9.17) is 16.6 Å². The summed E-state index contributed by atoms with van der Waals surface area (Å²) in [6.07, 6.45) is 5.63. The summed E-state index contributed by atoms with van der Waals surface area (Å²) in [7, 11) is 0. The van der Waals surface area contributed by atoms with Gasteiger partial charge in [0.15, 0.2) is 0 Å². The van der Waals surface area contributed by atoms with Gasteiger partial charge in [-0.2, -0.15) is 0 Å². The summed E-state index contributed by atoms with van der Waals surface area (Å²) in [6.45, 7) is -0.0295. The van der Waals surface area contributed by atoms with Gasteiger partial charge in [0.05, 0.1) is 12.2 Å². The second-order valence-corrected chi connectivity index (χ2v) is 3.83. The predicted molar refractivity (Wildman–Crippen MR) is 70.9 cm³/mol. The molecule has 1 aromatic rings. The van der Waals surface area contributed by atoms with Gasteiger partial charge in [0.2, 0.25) is 5.91 Å². The lowest BCUT2D eigenvalue weighted by molar-refractivity contribution is -0.118. The standard InChI is InChI=1S/C14H15NO4/c1-2-3-4-13(17)15(9-10-16)12-7-5-11(6-8-12)14(18)19/h1,5-8,16H,3-4,9-10H2,(H,18,19). The SMILES string of the molecule is C#CCCC(=O)N(CCO)c1ccc(C(=O)O)cc1. The largest absolute Gasteiger partial charge is 0.478 e. The van der Waals surface area contributed by atoms with Gasteiger partial charge in [-0.1, -0.05) is 0 Å². The van der Waals surface area contributed by atoms with Crippen LogP contribution < -0.4 is 4.90 Å². The van der Waals surface area contributed by atoms with Crippen molar-refractivity contribution in [2.45, 2.75) is 12.8 Å². The highest BCUT2D eigenvalue weighted by molar-refractivity contribution is 5.94. The van der Waals surface area contributed by atoms with E-state index >= 15 is 0 Å². The Balaban J connectivity index is 2.89. The monoisotopic (exact) mass is 261 g/mol. The summed E-state index contributed by atoms with van der Waals surface area (Å²) >= 11 is 0. The molecule has 0 spiro atoms. The number of aliphatic hydroxyl groups excluding tert-OH is 1. The van der Waals surface area contributed by atoms with Crippen molar-refractivity contribution in [2.24, 2.45) is 0 Å². The van der Waals surface area contributed by atoms with Crippen LogP contribution in [-0.2, 0) is 4.79 Å². The first-order valence-corrected chi connectivity index (χ1v) is 5.78. The van der Waals surface area contributed by atoms with E-state index in [0.717, 1.165) is 0 Å². The summed E-state index contributed by atoms with van der Waals surface area (Å²) in [6, 6.07) is 5.90. The molecule has 19 heavy (non-hydrogen) atoms. The molecule has 0 saturated heterocycles. The number of aliphatic hydroxyl groups is 1. The molecule has 100 valence electrons. The Bertz CT molecular complexity index is 487. The van der Waals surface area contributed by atoms with Crippen LogP contribution in [0, 0.1) is 12.3 Å². The first kappa shape index (κ1) is 14.7. The van der Waals surface area contributed by atoms with Crippen molar-refractivity contribution < 1.29 is 19.8 Å². The normalized spacial score (nSPS) is 9.68. The van der Waals surface area contributed by atoms with Gasteiger partial charge in [-0.15, -0.1) is 12.3 Å². The van der Waals surface area contributed by atoms with Crippen molar-refractivity contribution in [2.75, 3.05) is 18.1 Å². The number of nitrogens with zero attached hydrogens (tertiary/aromatic N) is 1. The fourth-order valence-corrected chi connectivity index (χ4v) is 1.60. The molecule has 1 amide bonds. The van der Waals surface area contributed by atoms with Crippen molar-refractivity contribution in [1.29, 1.82) is 0 Å². The number of hydrogen-bond acceptors (Lipinski definition) is 3. The molecule has 0 aliphatic carbocycles. The summed E-state index contributed by atoms with van der Waals surface area (Å²) in [5.41, 5.74) is 0.685. The number of rotatable bonds is 6. The fraction of sp³-hybridized carbons (Fsp3) is 0.286. The summed E-state index contributed by atoms with van der Waals surface area (Å²) in [5.74, 6) is 1.16. The molecule has 0 atom stereocenters. The van der Waals surface area contributed by atoms with Crippen LogP contribution in [0.3, 0.4) is 0 Å². The van der Waals surface area contributed by atoms with Crippen LogP contribution in [0.1, 0.15) is 23.2 Å². The molecule has 1 rings (SSSR count). The number of carboxylic acids is 1. The van der Waals surface area contributed by atoms with Gasteiger partial charge in [0.25, 0.3) is 0 Å². The number of amides is 1. The van der Waals surface area contributed by atoms with Gasteiger partial charge < -0.3 is 15.1 Å². The quantitative estimate of drug-likeness (QED) is 0.752. The zero-order chi connectivity index (χ0) is 14.3. The second-order valence-electron chi connectivity index (χ2n) is 3.83. The number of carbonyl (C=O) groups excluding carboxylic acids is 1. The Kier molecular flexibility index (Phi) is 5.58. The third-order valence-corrected chi connectivity index (χ3v) is 2.53. The maximum atomic E-state index is 11.9. The Morgan fingerprint density at radius 1 is 1.26 bits per heavy atom. The minimum atomic E-state index is -1.03. The molecule has 2 N–H and O–H groups in total. The number of terminal acetylenes is 1. The Labute approximate surface area is 111 Å². The zero-order valence-electron chi connectivity index (χ0n) is 10.4. The topological polar surface area (TPSA) is 77.8 Å². The first-order chi connectivity index (χ1) is 9.10. The second kappa shape index (κ2) is 7.19. The van der Waals surface area contributed by atoms with Crippen LogP contribution in [0.15, 0.2) is 24.3 Å². The molecular formula is C14H15NO4. The molecule has 0 radical (unpaired) electrons. The molecule has 5 heteroatoms. The van der Waals surface area contributed by atoms with E-state index in [1.54, 1.807) is 0 Å². The van der Waals surface area contributed by atoms with Crippen LogP contribution in [-0.4, -0.2) is 35.2 Å². The van der Waals surface area contributed by atoms with E-state index in [-0.39, 0.29) is 31.0 Å². The highest BCUT2D eigenvalue weighted by atomic mass is 16.4. The molecule has 0 unspecified atom stereocenters. The van der Waals surface area contributed by atoms with E-state index in [1.807, 2.05) is 0 Å². The van der Waals surface area contributed by atoms with Crippen molar-refractivity contribution in [3.8, 4) is 12.3 Å². The van der Waals surface area contributed by atoms with Crippen LogP contribution in [0.4, 0.5) is 5.69 Å². The smallest absolute Gasteiger partial charge is 0.335 e. The number of aromatic carboxylic acids is 1. The van der Waals surface area contributed by atoms with Gasteiger partial charge in [-0.05, 0) is 24.3 Å². The lowest BCUT2D eigenvalue weighted by atomic mass is 10.2.